The number of fused-ring (bicyclic) bond motifs is 4. The molecule has 8 heterocycles. The van der Waals surface area contributed by atoms with Crippen molar-refractivity contribution in [1.82, 2.24) is 58.1 Å². The Morgan fingerprint density at radius 3 is 0.809 bits per heavy atom. The fourth-order valence-corrected chi connectivity index (χ4v) is 12.4. The summed E-state index contributed by atoms with van der Waals surface area (Å²) in [4.78, 5) is 66.8. The van der Waals surface area contributed by atoms with Crippen molar-refractivity contribution >= 4 is 72.6 Å². The molecule has 0 N–H and O–H groups in total. The molecule has 0 unspecified atom stereocenters. The summed E-state index contributed by atoms with van der Waals surface area (Å²) in [6, 6.07) is 101. The zero-order valence-electron chi connectivity index (χ0n) is 70.1. The van der Waals surface area contributed by atoms with Gasteiger partial charge in [-0.1, -0.05) is 177 Å². The Labute approximate surface area is 825 Å². The van der Waals surface area contributed by atoms with Crippen LogP contribution < -0.4 is 0 Å². The maximum absolute atomic E-state index is 13.9. The molecule has 0 aliphatic rings. The monoisotopic (exact) mass is 2530 g/mol. The van der Waals surface area contributed by atoms with Gasteiger partial charge >= 0.3 is 80.4 Å². The van der Waals surface area contributed by atoms with E-state index in [-0.39, 0.29) is 125 Å². The number of hydrogen-bond donors (Lipinski definition) is 0. The number of aromatic nitrogens is 12. The third-order valence-corrected chi connectivity index (χ3v) is 18.6. The van der Waals surface area contributed by atoms with E-state index in [4.69, 9.17) is 13.1 Å². The normalized spacial score (nSPS) is 10.1. The van der Waals surface area contributed by atoms with Crippen molar-refractivity contribution in [2.75, 3.05) is 0 Å². The molecule has 35 heteroatoms. The third-order valence-electron chi connectivity index (χ3n) is 18.6. The largest absolute Gasteiger partial charge is 3.00 e. The Morgan fingerprint density at radius 2 is 0.559 bits per heavy atom. The van der Waals surface area contributed by atoms with Crippen molar-refractivity contribution < 1.29 is 130 Å². The van der Waals surface area contributed by atoms with Gasteiger partial charge in [-0.15, -0.1) is 54.1 Å². The van der Waals surface area contributed by atoms with E-state index in [0.717, 1.165) is 102 Å². The van der Waals surface area contributed by atoms with Crippen LogP contribution in [0.15, 0.2) is 292 Å². The van der Waals surface area contributed by atoms with Crippen molar-refractivity contribution in [2.45, 2.75) is 20.8 Å². The molecule has 20 rings (SSSR count). The van der Waals surface area contributed by atoms with Crippen LogP contribution in [-0.4, -0.2) is 72.9 Å². The predicted molar refractivity (Wildman–Crippen MR) is 475 cm³/mol. The number of para-hydroxylation sites is 12. The summed E-state index contributed by atoms with van der Waals surface area (Å²) in [6.07, 6.45) is 17.5. The first-order chi connectivity index (χ1) is 64.0. The van der Waals surface area contributed by atoms with Gasteiger partial charge in [-0.2, -0.15) is 120 Å². The molecule has 0 saturated carbocycles. The molecule has 674 valence electrons. The van der Waals surface area contributed by atoms with Crippen LogP contribution in [0.4, 0.5) is 63.6 Å². The molecular weight excluding hydrogens is 2470 g/mol. The molecule has 0 aliphatic carbocycles. The summed E-state index contributed by atoms with van der Waals surface area (Å²) in [5.74, 6) is -9.54. The number of aryl methyl sites for hydroxylation is 3. The van der Waals surface area contributed by atoms with E-state index in [1.807, 2.05) is 219 Å². The van der Waals surface area contributed by atoms with Crippen LogP contribution in [-0.2, 0) is 80.4 Å². The Balaban J connectivity index is 0.000000174. The molecule has 12 aromatic carbocycles. The van der Waals surface area contributed by atoms with Gasteiger partial charge in [-0.05, 0) is 89.9 Å². The van der Waals surface area contributed by atoms with Gasteiger partial charge in [0, 0.05) is 76.5 Å². The predicted octanol–water partition coefficient (Wildman–Crippen LogP) is 23.6. The Bertz CT molecular complexity index is 7090. The fraction of sp³-hybridized carbons (Fsp3) is 0.0297. The van der Waals surface area contributed by atoms with Crippen LogP contribution in [0.3, 0.4) is 0 Å². The number of pyridine rings is 4. The van der Waals surface area contributed by atoms with Gasteiger partial charge in [-0.3, -0.25) is 70.3 Å². The molecule has 0 bridgehead atoms. The molecular formula is C101H57F8Ir4N17O6. The van der Waals surface area contributed by atoms with Crippen LogP contribution >= 0.6 is 0 Å². The van der Waals surface area contributed by atoms with Crippen LogP contribution in [0.2, 0.25) is 0 Å². The number of hydrogen-bond acceptors (Lipinski definition) is 14. The van der Waals surface area contributed by atoms with Gasteiger partial charge < -0.3 is 58.1 Å². The number of rotatable bonds is 11. The van der Waals surface area contributed by atoms with Crippen LogP contribution in [0.25, 0.3) is 122 Å². The second-order valence-electron chi connectivity index (χ2n) is 27.4. The van der Waals surface area contributed by atoms with Gasteiger partial charge in [0.1, 0.15) is 34.9 Å². The van der Waals surface area contributed by atoms with Crippen molar-refractivity contribution in [2.24, 2.45) is 0 Å². The van der Waals surface area contributed by atoms with Gasteiger partial charge in [0.25, 0.3) is 17.1 Å². The van der Waals surface area contributed by atoms with Crippen molar-refractivity contribution in [1.29, 1.82) is 0 Å². The summed E-state index contributed by atoms with van der Waals surface area (Å²) >= 11 is 0. The Hall–Kier alpha value is -15.7. The van der Waals surface area contributed by atoms with Crippen LogP contribution in [0.1, 0.15) is 16.7 Å². The van der Waals surface area contributed by atoms with Crippen molar-refractivity contribution in [3.63, 3.8) is 0 Å². The van der Waals surface area contributed by atoms with E-state index in [1.165, 1.54) is 49.1 Å². The number of benzene rings is 12. The quantitative estimate of drug-likeness (QED) is 0.0505. The molecule has 8 aromatic heterocycles. The summed E-state index contributed by atoms with van der Waals surface area (Å²) in [7, 11) is 0. The van der Waals surface area contributed by atoms with Crippen molar-refractivity contribution in [3.8, 4) is 67.8 Å². The molecule has 0 spiro atoms. The molecule has 0 saturated heterocycles. The minimum absolute atomic E-state index is 0. The molecule has 20 aromatic rings. The maximum Gasteiger partial charge on any atom is 3.00 e. The van der Waals surface area contributed by atoms with E-state index in [1.54, 1.807) is 38.1 Å². The Kier molecular flexibility index (Phi) is 38.0. The molecule has 23 nitrogen and oxygen atoms in total. The summed E-state index contributed by atoms with van der Waals surface area (Å²) in [6.45, 7) is 18.9. The van der Waals surface area contributed by atoms with E-state index in [9.17, 15) is 65.5 Å². The molecule has 0 fully saturated rings. The first-order valence-electron chi connectivity index (χ1n) is 38.8. The van der Waals surface area contributed by atoms with E-state index >= 15 is 0 Å². The topological polar surface area (TPSA) is 261 Å². The third kappa shape index (κ3) is 25.6. The molecule has 0 amide bonds. The van der Waals surface area contributed by atoms with Gasteiger partial charge in [0.2, 0.25) is 0 Å². The van der Waals surface area contributed by atoms with E-state index in [0.29, 0.717) is 11.8 Å². The summed E-state index contributed by atoms with van der Waals surface area (Å²) < 4.78 is 116. The smallest absolute Gasteiger partial charge is 0.448 e. The fourth-order valence-electron chi connectivity index (χ4n) is 12.4. The second-order valence-corrected chi connectivity index (χ2v) is 27.4. The number of nitro groups is 3. The van der Waals surface area contributed by atoms with Crippen molar-refractivity contribution in [3.05, 3.63) is 482 Å². The first-order valence-corrected chi connectivity index (χ1v) is 38.8. The zero-order chi connectivity index (χ0) is 93.3. The Morgan fingerprint density at radius 1 is 0.309 bits per heavy atom. The van der Waals surface area contributed by atoms with Gasteiger partial charge in [0.05, 0.1) is 13.1 Å². The summed E-state index contributed by atoms with van der Waals surface area (Å²) in [5, 5.41) is 31.8. The SMILES string of the molecule is Cc1ccnc(-c2[c-]cc(F)c([N+](=O)[O-])c2F)c1.Cc1ccnc(-c2[c-]cc(F)c([N+](=O)[O-])c2F)c1.[C-]#[N+]c1c(F)c[c-]c(-c2cc(C)ccn2)c1F.[C-]#[N+]c1ccnc(-c2[c-]cc(F)c([N+](=O)[O-])c2F)c1.[Ir+3].[Ir+3].[Ir+3].[Ir+3].[c-]1ccccc1-n1[c-]nc2ccccc21.[c-]1ccccc1-n1[c-]nc2ccccc21.[c-]1ccccc1-n1[c-]nc2ccccc21.[c-]1ccccc1-n1[c-]nc2ccccc21. The molecule has 0 atom stereocenters. The molecule has 0 aliphatic heterocycles. The minimum Gasteiger partial charge on any atom is -0.448 e. The average Bonchev–Trinajstić information content (AvgIpc) is 1.61. The van der Waals surface area contributed by atoms with Gasteiger partial charge in [-0.25, -0.2) is 29.1 Å². The number of nitrogens with zero attached hydrogens (tertiary/aromatic N) is 17. The first kappa shape index (κ1) is 104. The molecule has 0 radical (unpaired) electrons. The number of nitro benzene ring substituents is 3. The minimum atomic E-state index is -1.36. The second kappa shape index (κ2) is 49.7. The van der Waals surface area contributed by atoms with E-state index < -0.39 is 84.1 Å². The average molecular weight is 2530 g/mol. The maximum atomic E-state index is 13.9. The van der Waals surface area contributed by atoms with Gasteiger partial charge in [0.15, 0.2) is 11.4 Å². The summed E-state index contributed by atoms with van der Waals surface area (Å²) in [5.41, 5.74) is 10.2. The standard InChI is InChI=1S/C13H7F2N2.4C13H8N2.C12H4F2N3O2.2C12H7F2N2O2.4Ir/c1-8-5-6-17-11(7-8)9-3-4-10(14)13(16-2)12(9)15;4*1-2-6-11(7-3-1)15-10-14-12-8-4-5-9-13(12)15;1-15-7-4-5-16-10(6-7)8-2-3-9(13)12(11(8)14)17(18)19;2*1-7-4-5-15-10(6-7)8-2-3-9(13)12(11(8)14)16(17)18;;;;/h4-7H,1H3;4*1-6,8-9H;3-6H;2*3-6H,1H3;;;;/q-1;4*-2;3*-1;4*+3. The van der Waals surface area contributed by atoms with E-state index in [2.05, 4.69) is 123 Å². The van der Waals surface area contributed by atoms with Crippen LogP contribution in [0.5, 0.6) is 0 Å². The zero-order valence-corrected chi connectivity index (χ0v) is 79.7. The number of imidazole rings is 4. The number of halogens is 8. The molecule has 136 heavy (non-hydrogen) atoms. The van der Waals surface area contributed by atoms with Crippen LogP contribution in [0, 0.1) is 185 Å².